The molecule has 52 valence electrons. The van der Waals surface area contributed by atoms with Crippen molar-refractivity contribution in [3.05, 3.63) is 0 Å². The van der Waals surface area contributed by atoms with Gasteiger partial charge >= 0.3 is 0 Å². The lowest BCUT2D eigenvalue weighted by Crippen LogP contribution is -2.37. The third-order valence-electron chi connectivity index (χ3n) is 0.602. The van der Waals surface area contributed by atoms with Crippen LogP contribution in [0.1, 0.15) is 6.42 Å². The first-order valence-electron chi connectivity index (χ1n) is 2.09. The smallest absolute Gasteiger partial charge is 0.144 e. The number of carboxylic acid groups (broad SMARTS) is 2. The summed E-state index contributed by atoms with van der Waals surface area (Å²) in [4.78, 5) is 18.9. The maximum Gasteiger partial charge on any atom is 0.144 e. The van der Waals surface area contributed by atoms with Crippen molar-refractivity contribution in [2.24, 2.45) is 0 Å². The zero-order chi connectivity index (χ0) is 7.44. The summed E-state index contributed by atoms with van der Waals surface area (Å²) in [5, 5.41) is 18.9. The molecule has 0 N–H and O–H groups in total. The molecule has 0 bridgehead atoms. The Hall–Kier alpha value is -1.13. The highest BCUT2D eigenvalue weighted by molar-refractivity contribution is 5.77. The zero-order valence-electron chi connectivity index (χ0n) is 4.30. The Morgan fingerprint density at radius 3 is 2.00 bits per heavy atom. The van der Waals surface area contributed by atoms with Crippen LogP contribution < -0.4 is 10.2 Å². The highest BCUT2D eigenvalue weighted by Gasteiger charge is 2.05. The number of hydrogen-bond donors (Lipinski definition) is 0. The van der Waals surface area contributed by atoms with Gasteiger partial charge in [-0.1, -0.05) is 0 Å². The first-order chi connectivity index (χ1) is 4.04. The molecule has 0 aromatic rings. The van der Waals surface area contributed by atoms with Crippen molar-refractivity contribution in [2.45, 2.75) is 12.6 Å². The van der Waals surface area contributed by atoms with E-state index in [1.54, 1.807) is 0 Å². The lowest BCUT2D eigenvalue weighted by atomic mass is 10.3. The van der Waals surface area contributed by atoms with Gasteiger partial charge in [0.2, 0.25) is 0 Å². The Bertz CT molecular complexity index is 133. The minimum Gasteiger partial charge on any atom is -0.550 e. The second kappa shape index (κ2) is 3.01. The second-order valence-electron chi connectivity index (χ2n) is 1.36. The highest BCUT2D eigenvalue weighted by atomic mass is 19.1. The molecular formula is C4H3FO4-2. The van der Waals surface area contributed by atoms with Gasteiger partial charge in [0.05, 0.1) is 5.97 Å². The third kappa shape index (κ3) is 3.45. The number of carboxylic acids is 2. The zero-order valence-corrected chi connectivity index (χ0v) is 4.30. The summed E-state index contributed by atoms with van der Waals surface area (Å²) >= 11 is 0. The summed E-state index contributed by atoms with van der Waals surface area (Å²) in [6.45, 7) is 0. The van der Waals surface area contributed by atoms with Crippen molar-refractivity contribution < 1.29 is 24.2 Å². The van der Waals surface area contributed by atoms with Crippen LogP contribution in [0.25, 0.3) is 0 Å². The molecule has 0 heterocycles. The molecule has 1 atom stereocenters. The van der Waals surface area contributed by atoms with Gasteiger partial charge in [0.25, 0.3) is 0 Å². The van der Waals surface area contributed by atoms with E-state index >= 15 is 0 Å². The summed E-state index contributed by atoms with van der Waals surface area (Å²) in [5.41, 5.74) is 0. The van der Waals surface area contributed by atoms with Gasteiger partial charge in [-0.2, -0.15) is 0 Å². The number of alkyl halides is 1. The number of carbonyl (C=O) groups excluding carboxylic acids is 2. The molecule has 0 aromatic heterocycles. The summed E-state index contributed by atoms with van der Waals surface area (Å²) in [6.07, 6.45) is -3.61. The molecule has 5 heteroatoms. The number of rotatable bonds is 3. The van der Waals surface area contributed by atoms with Gasteiger partial charge in [-0.05, 0) is 0 Å². The Morgan fingerprint density at radius 2 is 1.89 bits per heavy atom. The van der Waals surface area contributed by atoms with Crippen LogP contribution in [0.5, 0.6) is 0 Å². The first-order valence-corrected chi connectivity index (χ1v) is 2.09. The van der Waals surface area contributed by atoms with Crippen LogP contribution in [-0.2, 0) is 9.59 Å². The number of halogens is 1. The fraction of sp³-hybridized carbons (Fsp3) is 0.500. The molecule has 0 amide bonds. The molecule has 9 heavy (non-hydrogen) atoms. The van der Waals surface area contributed by atoms with Crippen LogP contribution in [-0.4, -0.2) is 18.1 Å². The second-order valence-corrected chi connectivity index (χ2v) is 1.36. The summed E-state index contributed by atoms with van der Waals surface area (Å²) < 4.78 is 11.7. The van der Waals surface area contributed by atoms with Crippen LogP contribution in [0.2, 0.25) is 0 Å². The standard InChI is InChI=1S/C4H5FO4/c5-2(4(8)9)1-3(6)7/h2H,1H2,(H,6,7)(H,8,9)/p-2. The Balaban J connectivity index is 3.63. The molecule has 0 aliphatic heterocycles. The van der Waals surface area contributed by atoms with Crippen LogP contribution >= 0.6 is 0 Å². The van der Waals surface area contributed by atoms with Gasteiger partial charge in [0, 0.05) is 12.4 Å². The maximum atomic E-state index is 11.7. The Labute approximate surface area is 49.9 Å². The van der Waals surface area contributed by atoms with Gasteiger partial charge in [-0.15, -0.1) is 0 Å². The summed E-state index contributed by atoms with van der Waals surface area (Å²) in [7, 11) is 0. The fourth-order valence-corrected chi connectivity index (χ4v) is 0.230. The minimum absolute atomic E-state index is 1.15. The summed E-state index contributed by atoms with van der Waals surface area (Å²) in [6, 6.07) is 0. The maximum absolute atomic E-state index is 11.7. The third-order valence-corrected chi connectivity index (χ3v) is 0.602. The minimum atomic E-state index is -2.46. The summed E-state index contributed by atoms with van der Waals surface area (Å²) in [5.74, 6) is -3.77. The van der Waals surface area contributed by atoms with E-state index < -0.39 is 24.5 Å². The largest absolute Gasteiger partial charge is 0.550 e. The van der Waals surface area contributed by atoms with Crippen LogP contribution in [0.15, 0.2) is 0 Å². The van der Waals surface area contributed by atoms with Gasteiger partial charge in [0.15, 0.2) is 0 Å². The molecule has 0 aliphatic carbocycles. The first kappa shape index (κ1) is 7.87. The molecule has 0 fully saturated rings. The quantitative estimate of drug-likeness (QED) is 0.418. The van der Waals surface area contributed by atoms with Crippen molar-refractivity contribution in [1.29, 1.82) is 0 Å². The SMILES string of the molecule is O=C([O-])CC(F)C(=O)[O-]. The van der Waals surface area contributed by atoms with Gasteiger partial charge in [-0.25, -0.2) is 4.39 Å². The van der Waals surface area contributed by atoms with Crippen molar-refractivity contribution >= 4 is 11.9 Å². The molecule has 4 nitrogen and oxygen atoms in total. The van der Waals surface area contributed by atoms with Gasteiger partial charge < -0.3 is 19.8 Å². The van der Waals surface area contributed by atoms with Crippen LogP contribution in [0, 0.1) is 0 Å². The fourth-order valence-electron chi connectivity index (χ4n) is 0.230. The molecule has 0 saturated carbocycles. The topological polar surface area (TPSA) is 80.3 Å². The normalized spacial score (nSPS) is 12.6. The monoisotopic (exact) mass is 134 g/mol. The number of carbonyl (C=O) groups is 2. The lowest BCUT2D eigenvalue weighted by molar-refractivity contribution is -0.320. The van der Waals surface area contributed by atoms with Crippen LogP contribution in [0.3, 0.4) is 0 Å². The molecule has 0 spiro atoms. The van der Waals surface area contributed by atoms with Crippen molar-refractivity contribution in [2.75, 3.05) is 0 Å². The van der Waals surface area contributed by atoms with Gasteiger partial charge in [0.1, 0.15) is 6.17 Å². The number of aliphatic carboxylic acids is 2. The predicted octanol–water partition coefficient (Wildman–Crippen LogP) is -2.79. The van der Waals surface area contributed by atoms with Gasteiger partial charge in [-0.3, -0.25) is 0 Å². The van der Waals surface area contributed by atoms with E-state index in [0.29, 0.717) is 0 Å². The molecule has 0 radical (unpaired) electrons. The Kier molecular flexibility index (Phi) is 2.63. The Morgan fingerprint density at radius 1 is 1.44 bits per heavy atom. The van der Waals surface area contributed by atoms with E-state index in [-0.39, 0.29) is 0 Å². The van der Waals surface area contributed by atoms with Crippen molar-refractivity contribution in [3.8, 4) is 0 Å². The van der Waals surface area contributed by atoms with Crippen LogP contribution in [0.4, 0.5) is 4.39 Å². The number of hydrogen-bond acceptors (Lipinski definition) is 4. The molecule has 1 unspecified atom stereocenters. The highest BCUT2D eigenvalue weighted by Crippen LogP contribution is 1.92. The van der Waals surface area contributed by atoms with Crippen molar-refractivity contribution in [1.82, 2.24) is 0 Å². The van der Waals surface area contributed by atoms with E-state index in [1.807, 2.05) is 0 Å². The average Bonchev–Trinajstić information content (AvgIpc) is 1.63. The molecule has 0 rings (SSSR count). The predicted molar refractivity (Wildman–Crippen MR) is 19.5 cm³/mol. The van der Waals surface area contributed by atoms with E-state index in [0.717, 1.165) is 0 Å². The average molecular weight is 134 g/mol. The van der Waals surface area contributed by atoms with E-state index in [1.165, 1.54) is 0 Å². The van der Waals surface area contributed by atoms with Crippen molar-refractivity contribution in [3.63, 3.8) is 0 Å². The molecule has 0 aromatic carbocycles. The van der Waals surface area contributed by atoms with E-state index in [9.17, 15) is 24.2 Å². The van der Waals surface area contributed by atoms with E-state index in [4.69, 9.17) is 0 Å². The molecule has 0 aliphatic rings. The lowest BCUT2D eigenvalue weighted by Gasteiger charge is -2.07. The van der Waals surface area contributed by atoms with E-state index in [2.05, 4.69) is 0 Å². The molecule has 0 saturated heterocycles. The molecular weight excluding hydrogens is 131 g/mol.